The third-order valence-electron chi connectivity index (χ3n) is 4.84. The fourth-order valence-electron chi connectivity index (χ4n) is 3.27. The summed E-state index contributed by atoms with van der Waals surface area (Å²) in [5, 5.41) is 1.24. The Kier molecular flexibility index (Phi) is 5.12. The Bertz CT molecular complexity index is 862. The molecule has 28 heavy (non-hydrogen) atoms. The fraction of sp³-hybridized carbons (Fsp3) is 0.350. The standard InChI is InChI=1S/C20H22N4O4/c1-22(16-6-3-2-4-7-16)18(25)8-5-10-28-24-19(26)13-23-12-15-9-11-27-14-17(15)21-20(23)24/h2-4,6-7,9,11H,5,8,10,12-14H2,1H3. The van der Waals surface area contributed by atoms with Crippen LogP contribution in [0.15, 0.2) is 58.9 Å². The van der Waals surface area contributed by atoms with Crippen LogP contribution in [-0.4, -0.2) is 61.1 Å². The molecule has 2 amide bonds. The third kappa shape index (κ3) is 3.63. The SMILES string of the molecule is CN(C(=O)CCCON1C(=O)CN2CC3=C(COC=C3)N=C21)c1ccccc1. The highest BCUT2D eigenvalue weighted by Gasteiger charge is 2.38. The van der Waals surface area contributed by atoms with Crippen LogP contribution in [0.5, 0.6) is 0 Å². The van der Waals surface area contributed by atoms with Gasteiger partial charge in [-0.25, -0.2) is 4.99 Å². The molecule has 0 aliphatic carbocycles. The Morgan fingerprint density at radius 1 is 1.29 bits per heavy atom. The number of rotatable bonds is 6. The van der Waals surface area contributed by atoms with Crippen molar-refractivity contribution in [1.82, 2.24) is 9.96 Å². The number of hydrogen-bond acceptors (Lipinski definition) is 6. The summed E-state index contributed by atoms with van der Waals surface area (Å²) in [7, 11) is 1.75. The van der Waals surface area contributed by atoms with Gasteiger partial charge < -0.3 is 14.5 Å². The summed E-state index contributed by atoms with van der Waals surface area (Å²) >= 11 is 0. The molecule has 0 aromatic heterocycles. The van der Waals surface area contributed by atoms with E-state index in [0.717, 1.165) is 17.0 Å². The van der Waals surface area contributed by atoms with Crippen LogP contribution in [0.25, 0.3) is 0 Å². The van der Waals surface area contributed by atoms with Crippen molar-refractivity contribution in [3.63, 3.8) is 0 Å². The molecule has 1 fully saturated rings. The molecular formula is C20H22N4O4. The lowest BCUT2D eigenvalue weighted by atomic mass is 10.1. The van der Waals surface area contributed by atoms with E-state index in [4.69, 9.17) is 9.57 Å². The summed E-state index contributed by atoms with van der Waals surface area (Å²) in [6.45, 7) is 1.50. The number of fused-ring (bicyclic) bond motifs is 1. The highest BCUT2D eigenvalue weighted by atomic mass is 16.7. The first-order valence-electron chi connectivity index (χ1n) is 9.25. The van der Waals surface area contributed by atoms with Crippen LogP contribution in [0, 0.1) is 0 Å². The number of amides is 2. The van der Waals surface area contributed by atoms with Crippen molar-refractivity contribution in [3.8, 4) is 0 Å². The molecule has 8 heteroatoms. The van der Waals surface area contributed by atoms with Crippen LogP contribution < -0.4 is 4.90 Å². The van der Waals surface area contributed by atoms with Crippen molar-refractivity contribution in [2.45, 2.75) is 12.8 Å². The van der Waals surface area contributed by atoms with Crippen LogP contribution in [0.2, 0.25) is 0 Å². The largest absolute Gasteiger partial charge is 0.495 e. The Morgan fingerprint density at radius 3 is 2.93 bits per heavy atom. The van der Waals surface area contributed by atoms with Gasteiger partial charge in [-0.15, -0.1) is 0 Å². The molecule has 3 aliphatic heterocycles. The molecule has 0 unspecified atom stereocenters. The van der Waals surface area contributed by atoms with Crippen molar-refractivity contribution in [1.29, 1.82) is 0 Å². The number of carbonyl (C=O) groups is 2. The van der Waals surface area contributed by atoms with Gasteiger partial charge in [0.15, 0.2) is 0 Å². The highest BCUT2D eigenvalue weighted by Crippen LogP contribution is 2.25. The van der Waals surface area contributed by atoms with Gasteiger partial charge in [-0.1, -0.05) is 18.2 Å². The van der Waals surface area contributed by atoms with Gasteiger partial charge in [0.05, 0.1) is 18.6 Å². The minimum absolute atomic E-state index is 0.000112. The summed E-state index contributed by atoms with van der Waals surface area (Å²) < 4.78 is 5.28. The number of carbonyl (C=O) groups excluding carboxylic acids is 2. The maximum absolute atomic E-state index is 12.3. The number of guanidine groups is 1. The van der Waals surface area contributed by atoms with Crippen LogP contribution in [0.3, 0.4) is 0 Å². The predicted octanol–water partition coefficient (Wildman–Crippen LogP) is 1.67. The van der Waals surface area contributed by atoms with Gasteiger partial charge in [0.2, 0.25) is 11.9 Å². The molecule has 1 aromatic rings. The molecule has 0 N–H and O–H groups in total. The van der Waals surface area contributed by atoms with E-state index in [-0.39, 0.29) is 25.0 Å². The number of hydroxylamine groups is 2. The van der Waals surface area contributed by atoms with E-state index in [1.807, 2.05) is 41.3 Å². The molecule has 0 radical (unpaired) electrons. The Balaban J connectivity index is 1.30. The van der Waals surface area contributed by atoms with Crippen LogP contribution >= 0.6 is 0 Å². The Hall–Kier alpha value is -3.13. The van der Waals surface area contributed by atoms with Crippen molar-refractivity contribution >= 4 is 23.5 Å². The van der Waals surface area contributed by atoms with E-state index in [1.165, 1.54) is 5.06 Å². The minimum Gasteiger partial charge on any atom is -0.495 e. The third-order valence-corrected chi connectivity index (χ3v) is 4.84. The maximum atomic E-state index is 12.3. The van der Waals surface area contributed by atoms with E-state index in [1.54, 1.807) is 18.2 Å². The summed E-state index contributed by atoms with van der Waals surface area (Å²) in [6, 6.07) is 9.48. The first-order valence-corrected chi connectivity index (χ1v) is 9.25. The highest BCUT2D eigenvalue weighted by molar-refractivity contribution is 6.04. The molecule has 0 spiro atoms. The number of nitrogens with zero attached hydrogens (tertiary/aromatic N) is 4. The summed E-state index contributed by atoms with van der Waals surface area (Å²) in [5.41, 5.74) is 2.72. The van der Waals surface area contributed by atoms with Gasteiger partial charge in [0, 0.05) is 25.7 Å². The van der Waals surface area contributed by atoms with Gasteiger partial charge in [-0.05, 0) is 30.2 Å². The molecule has 3 heterocycles. The zero-order valence-electron chi connectivity index (χ0n) is 15.7. The molecular weight excluding hydrogens is 360 g/mol. The second-order valence-electron chi connectivity index (χ2n) is 6.77. The summed E-state index contributed by atoms with van der Waals surface area (Å²) in [5.74, 6) is 0.340. The summed E-state index contributed by atoms with van der Waals surface area (Å²) in [6.07, 6.45) is 4.36. The van der Waals surface area contributed by atoms with Crippen LogP contribution in [-0.2, 0) is 19.2 Å². The molecule has 4 rings (SSSR count). The van der Waals surface area contributed by atoms with Crippen molar-refractivity contribution in [2.75, 3.05) is 38.3 Å². The van der Waals surface area contributed by atoms with Gasteiger partial charge >= 0.3 is 0 Å². The lowest BCUT2D eigenvalue weighted by Crippen LogP contribution is -2.38. The average Bonchev–Trinajstić information content (AvgIpc) is 3.03. The van der Waals surface area contributed by atoms with E-state index in [2.05, 4.69) is 4.99 Å². The number of hydrogen-bond donors (Lipinski definition) is 0. The number of aliphatic imine (C=N–C) groups is 1. The van der Waals surface area contributed by atoms with Gasteiger partial charge in [-0.2, -0.15) is 5.06 Å². The molecule has 0 bridgehead atoms. The first kappa shape index (κ1) is 18.2. The van der Waals surface area contributed by atoms with E-state index >= 15 is 0 Å². The Morgan fingerprint density at radius 2 is 2.11 bits per heavy atom. The van der Waals surface area contributed by atoms with E-state index in [0.29, 0.717) is 32.0 Å². The normalized spacial score (nSPS) is 17.9. The average molecular weight is 382 g/mol. The lowest BCUT2D eigenvalue weighted by molar-refractivity contribution is -0.158. The zero-order chi connectivity index (χ0) is 19.5. The van der Waals surface area contributed by atoms with Crippen LogP contribution in [0.4, 0.5) is 5.69 Å². The lowest BCUT2D eigenvalue weighted by Gasteiger charge is -2.27. The van der Waals surface area contributed by atoms with E-state index in [9.17, 15) is 9.59 Å². The second-order valence-corrected chi connectivity index (χ2v) is 6.77. The molecule has 8 nitrogen and oxygen atoms in total. The molecule has 1 aromatic carbocycles. The maximum Gasteiger partial charge on any atom is 0.273 e. The number of anilines is 1. The first-order chi connectivity index (χ1) is 13.6. The van der Waals surface area contributed by atoms with Crippen molar-refractivity contribution in [2.24, 2.45) is 4.99 Å². The van der Waals surface area contributed by atoms with Gasteiger partial charge in [0.1, 0.15) is 13.2 Å². The molecule has 1 saturated heterocycles. The fourth-order valence-corrected chi connectivity index (χ4v) is 3.27. The van der Waals surface area contributed by atoms with Crippen molar-refractivity contribution in [3.05, 3.63) is 53.9 Å². The number of ether oxygens (including phenoxy) is 1. The Labute approximate surface area is 163 Å². The quantitative estimate of drug-likeness (QED) is 0.700. The van der Waals surface area contributed by atoms with Gasteiger partial charge in [0.25, 0.3) is 5.91 Å². The summed E-state index contributed by atoms with van der Waals surface area (Å²) in [4.78, 5) is 38.3. The predicted molar refractivity (Wildman–Crippen MR) is 103 cm³/mol. The topological polar surface area (TPSA) is 74.7 Å². The molecule has 3 aliphatic rings. The smallest absolute Gasteiger partial charge is 0.273 e. The zero-order valence-corrected chi connectivity index (χ0v) is 15.7. The molecule has 146 valence electrons. The second kappa shape index (κ2) is 7.85. The van der Waals surface area contributed by atoms with Gasteiger partial charge in [-0.3, -0.25) is 14.4 Å². The monoisotopic (exact) mass is 382 g/mol. The molecule has 0 atom stereocenters. The minimum atomic E-state index is -0.156. The molecule has 0 saturated carbocycles. The van der Waals surface area contributed by atoms with Crippen LogP contribution in [0.1, 0.15) is 12.8 Å². The number of para-hydroxylation sites is 1. The van der Waals surface area contributed by atoms with E-state index < -0.39 is 0 Å². The number of benzene rings is 1. The van der Waals surface area contributed by atoms with Crippen molar-refractivity contribution < 1.29 is 19.2 Å².